The van der Waals surface area contributed by atoms with Gasteiger partial charge in [-0.1, -0.05) is 39.8 Å². The molecule has 0 aliphatic rings. The van der Waals surface area contributed by atoms with Gasteiger partial charge in [0.05, 0.1) is 5.56 Å². The molecule has 0 saturated heterocycles. The fourth-order valence-electron chi connectivity index (χ4n) is 3.91. The van der Waals surface area contributed by atoms with E-state index in [9.17, 15) is 0 Å². The van der Waals surface area contributed by atoms with E-state index in [1.165, 1.54) is 0 Å². The Balaban J connectivity index is 1.99. The number of hydrogen-bond donors (Lipinski definition) is 0. The number of hydrogen-bond acceptors (Lipinski definition) is 2. The van der Waals surface area contributed by atoms with Crippen LogP contribution in [0.15, 0.2) is 40.9 Å². The van der Waals surface area contributed by atoms with Gasteiger partial charge >= 0.3 is 0 Å². The summed E-state index contributed by atoms with van der Waals surface area (Å²) in [6.07, 6.45) is 1.35. The highest BCUT2D eigenvalue weighted by Gasteiger charge is 2.23. The smallest absolute Gasteiger partial charge is 0.227 e. The van der Waals surface area contributed by atoms with Crippen LogP contribution < -0.4 is 4.57 Å². The molecule has 0 N–H and O–H groups in total. The summed E-state index contributed by atoms with van der Waals surface area (Å²) in [5.41, 5.74) is 6.80. The summed E-state index contributed by atoms with van der Waals surface area (Å²) >= 11 is 0. The first-order valence-corrected chi connectivity index (χ1v) is 10.3. The van der Waals surface area contributed by atoms with Crippen LogP contribution in [-0.2, 0) is 19.8 Å². The Labute approximate surface area is 176 Å². The normalized spacial score (nSPS) is 13.8. The zero-order valence-electron chi connectivity index (χ0n) is 20.5. The van der Waals surface area contributed by atoms with Crippen molar-refractivity contribution in [3.05, 3.63) is 58.9 Å². The highest BCUT2D eigenvalue weighted by atomic mass is 16.3. The second-order valence-corrected chi connectivity index (χ2v) is 8.99. The number of rotatable bonds is 3. The Morgan fingerprint density at radius 3 is 2.48 bits per heavy atom. The van der Waals surface area contributed by atoms with Crippen molar-refractivity contribution in [3.8, 4) is 11.3 Å². The molecule has 0 bridgehead atoms. The lowest BCUT2D eigenvalue weighted by Gasteiger charge is -2.19. The third-order valence-electron chi connectivity index (χ3n) is 5.38. The Hall–Kier alpha value is -2.68. The molecule has 3 aromatic heterocycles. The summed E-state index contributed by atoms with van der Waals surface area (Å²) in [6.45, 7) is 12.0. The van der Waals surface area contributed by atoms with Crippen LogP contribution in [0.3, 0.4) is 0 Å². The van der Waals surface area contributed by atoms with Crippen LogP contribution in [0.25, 0.3) is 33.3 Å². The monoisotopic (exact) mass is 389 g/mol. The van der Waals surface area contributed by atoms with Gasteiger partial charge in [0.25, 0.3) is 0 Å². The molecule has 3 heteroatoms. The van der Waals surface area contributed by atoms with E-state index in [0.29, 0.717) is 5.71 Å². The van der Waals surface area contributed by atoms with Crippen molar-refractivity contribution in [3.63, 3.8) is 0 Å². The Morgan fingerprint density at radius 2 is 1.79 bits per heavy atom. The highest BCUT2D eigenvalue weighted by Crippen LogP contribution is 2.37. The van der Waals surface area contributed by atoms with Crippen LogP contribution in [-0.4, -0.2) is 4.98 Å². The molecule has 0 atom stereocenters. The third kappa shape index (κ3) is 3.55. The van der Waals surface area contributed by atoms with Gasteiger partial charge in [-0.15, -0.1) is 0 Å². The van der Waals surface area contributed by atoms with Crippen LogP contribution in [0.4, 0.5) is 0 Å². The average Bonchev–Trinajstić information content (AvgIpc) is 3.06. The van der Waals surface area contributed by atoms with E-state index in [-0.39, 0.29) is 0 Å². The standard InChI is InChI=1S/C26H31N2O/c1-8-19-10-12-21-20-11-9-16(2)23(24(20)29-25(21)27-19)22-13-17(3)18(15-28(22)7)14-26(4,5)6/h9-13,15H,8,14H2,1-7H3/q+1/i14D2. The molecule has 0 amide bonds. The molecule has 150 valence electrons. The van der Waals surface area contributed by atoms with Crippen LogP contribution in [0, 0.1) is 19.3 Å². The number of benzene rings is 1. The Bertz CT molecular complexity index is 1310. The van der Waals surface area contributed by atoms with E-state index in [1.807, 2.05) is 45.5 Å². The summed E-state index contributed by atoms with van der Waals surface area (Å²) < 4.78 is 25.8. The van der Waals surface area contributed by atoms with Crippen LogP contribution in [0.5, 0.6) is 0 Å². The van der Waals surface area contributed by atoms with Crippen LogP contribution >= 0.6 is 0 Å². The summed E-state index contributed by atoms with van der Waals surface area (Å²) in [7, 11) is 1.98. The molecule has 4 rings (SSSR count). The zero-order valence-corrected chi connectivity index (χ0v) is 18.5. The number of pyridine rings is 2. The minimum Gasteiger partial charge on any atom is -0.437 e. The van der Waals surface area contributed by atoms with Gasteiger partial charge in [-0.3, -0.25) is 0 Å². The van der Waals surface area contributed by atoms with Gasteiger partial charge in [-0.25, -0.2) is 9.55 Å². The molecule has 3 heterocycles. The minimum atomic E-state index is -1.45. The summed E-state index contributed by atoms with van der Waals surface area (Å²) in [4.78, 5) is 4.69. The van der Waals surface area contributed by atoms with Gasteiger partial charge in [-0.2, -0.15) is 0 Å². The Kier molecular flexibility index (Phi) is 4.14. The molecule has 0 aliphatic heterocycles. The van der Waals surface area contributed by atoms with Gasteiger partial charge in [0.2, 0.25) is 11.4 Å². The number of nitrogens with zero attached hydrogens (tertiary/aromatic N) is 2. The molecule has 4 aromatic rings. The third-order valence-corrected chi connectivity index (χ3v) is 5.38. The van der Waals surface area contributed by atoms with Crippen LogP contribution in [0.1, 0.15) is 52.8 Å². The minimum absolute atomic E-state index is 0.510. The lowest BCUT2D eigenvalue weighted by molar-refractivity contribution is -0.660. The van der Waals surface area contributed by atoms with E-state index in [1.54, 1.807) is 0 Å². The quantitative estimate of drug-likeness (QED) is 0.388. The van der Waals surface area contributed by atoms with Crippen molar-refractivity contribution in [1.82, 2.24) is 4.98 Å². The molecule has 29 heavy (non-hydrogen) atoms. The summed E-state index contributed by atoms with van der Waals surface area (Å²) in [5.74, 6) is 0. The molecule has 0 aliphatic carbocycles. The number of fused-ring (bicyclic) bond motifs is 3. The van der Waals surface area contributed by atoms with E-state index in [4.69, 9.17) is 7.16 Å². The molecule has 3 nitrogen and oxygen atoms in total. The van der Waals surface area contributed by atoms with E-state index >= 15 is 0 Å². The van der Waals surface area contributed by atoms with Crippen molar-refractivity contribution >= 4 is 22.1 Å². The van der Waals surface area contributed by atoms with Gasteiger partial charge in [-0.05, 0) is 55.3 Å². The maximum atomic E-state index is 8.74. The fourth-order valence-corrected chi connectivity index (χ4v) is 3.91. The van der Waals surface area contributed by atoms with Crippen LogP contribution in [0.2, 0.25) is 0 Å². The molecule has 0 fully saturated rings. The first-order valence-electron chi connectivity index (χ1n) is 11.3. The molecule has 0 saturated carbocycles. The van der Waals surface area contributed by atoms with Gasteiger partial charge in [0.1, 0.15) is 7.05 Å². The SMILES string of the molecule is [2H]C([2H])(c1c[n+](C)c(-c2c(C)ccc3c2oc2nc(CC)ccc23)cc1C)C(C)(C)C. The van der Waals surface area contributed by atoms with Crippen molar-refractivity contribution in [2.45, 2.75) is 54.3 Å². The average molecular weight is 390 g/mol. The maximum absolute atomic E-state index is 8.74. The Morgan fingerprint density at radius 1 is 1.07 bits per heavy atom. The second-order valence-electron chi connectivity index (χ2n) is 8.99. The predicted octanol–water partition coefficient (Wildman–Crippen LogP) is 6.24. The largest absolute Gasteiger partial charge is 0.437 e. The second kappa shape index (κ2) is 6.98. The molecule has 0 spiro atoms. The highest BCUT2D eigenvalue weighted by molar-refractivity contribution is 6.08. The van der Waals surface area contributed by atoms with E-state index in [0.717, 1.165) is 56.4 Å². The summed E-state index contributed by atoms with van der Waals surface area (Å²) in [6, 6.07) is 10.5. The van der Waals surface area contributed by atoms with Crippen molar-refractivity contribution in [1.29, 1.82) is 0 Å². The topological polar surface area (TPSA) is 29.9 Å². The molecule has 1 aromatic carbocycles. The van der Waals surface area contributed by atoms with E-state index < -0.39 is 11.8 Å². The predicted molar refractivity (Wildman–Crippen MR) is 120 cm³/mol. The lowest BCUT2D eigenvalue weighted by Crippen LogP contribution is -2.32. The van der Waals surface area contributed by atoms with E-state index in [2.05, 4.69) is 49.2 Å². The van der Waals surface area contributed by atoms with Gasteiger partial charge < -0.3 is 4.42 Å². The van der Waals surface area contributed by atoms with Crippen molar-refractivity contribution in [2.24, 2.45) is 12.5 Å². The van der Waals surface area contributed by atoms with Crippen molar-refractivity contribution < 1.29 is 11.7 Å². The first kappa shape index (κ1) is 17.2. The first-order chi connectivity index (χ1) is 14.5. The van der Waals surface area contributed by atoms with Crippen molar-refractivity contribution in [2.75, 3.05) is 0 Å². The van der Waals surface area contributed by atoms with Gasteiger partial charge in [0, 0.05) is 30.8 Å². The molecule has 0 radical (unpaired) electrons. The summed E-state index contributed by atoms with van der Waals surface area (Å²) in [5, 5.41) is 2.08. The number of aryl methyl sites for hydroxylation is 4. The van der Waals surface area contributed by atoms with Gasteiger partial charge in [0.15, 0.2) is 11.8 Å². The number of aromatic nitrogens is 2. The molecular formula is C26H31N2O+. The maximum Gasteiger partial charge on any atom is 0.227 e. The lowest BCUT2D eigenvalue weighted by atomic mass is 9.86. The fraction of sp³-hybridized carbons (Fsp3) is 0.385. The number of furan rings is 1. The molecular weight excluding hydrogens is 356 g/mol. The zero-order chi connectivity index (χ0) is 22.7. The molecule has 0 unspecified atom stereocenters.